The van der Waals surface area contributed by atoms with Gasteiger partial charge in [-0.15, -0.1) is 0 Å². The van der Waals surface area contributed by atoms with E-state index >= 15 is 0 Å². The maximum Gasteiger partial charge on any atom is 0.342 e. The van der Waals surface area contributed by atoms with Crippen LogP contribution in [0.15, 0.2) is 83.6 Å². The summed E-state index contributed by atoms with van der Waals surface area (Å²) in [4.78, 5) is 41.5. The number of benzene rings is 2. The molecule has 0 radical (unpaired) electrons. The van der Waals surface area contributed by atoms with Gasteiger partial charge in [-0.2, -0.15) is 5.10 Å². The van der Waals surface area contributed by atoms with Gasteiger partial charge in [-0.25, -0.2) is 9.48 Å². The van der Waals surface area contributed by atoms with E-state index in [2.05, 4.69) is 5.10 Å². The van der Waals surface area contributed by atoms with Crippen molar-refractivity contribution >= 4 is 29.4 Å². The van der Waals surface area contributed by atoms with Gasteiger partial charge >= 0.3 is 5.97 Å². The summed E-state index contributed by atoms with van der Waals surface area (Å²) in [6.07, 6.45) is 3.04. The van der Waals surface area contributed by atoms with E-state index in [1.807, 2.05) is 30.3 Å². The Hall–Kier alpha value is -4.37. The number of para-hydroxylation sites is 1. The lowest BCUT2D eigenvalue weighted by Crippen LogP contribution is -2.51. The maximum absolute atomic E-state index is 13.1. The molecule has 0 N–H and O–H groups in total. The first-order valence-corrected chi connectivity index (χ1v) is 12.1. The number of amides is 2. The zero-order chi connectivity index (χ0) is 25.8. The van der Waals surface area contributed by atoms with Crippen molar-refractivity contribution in [3.63, 3.8) is 0 Å². The van der Waals surface area contributed by atoms with Gasteiger partial charge in [0.05, 0.1) is 12.0 Å². The van der Waals surface area contributed by atoms with Crippen molar-refractivity contribution in [3.05, 3.63) is 95.5 Å². The fraction of sp³-hybridized carbons (Fsp3) is 0.185. The lowest BCUT2D eigenvalue weighted by molar-refractivity contribution is -0.136. The number of esters is 1. The molecule has 10 heteroatoms. The van der Waals surface area contributed by atoms with Crippen molar-refractivity contribution in [2.24, 2.45) is 0 Å². The fourth-order valence-corrected chi connectivity index (χ4v) is 4.19. The van der Waals surface area contributed by atoms with Gasteiger partial charge in [0.1, 0.15) is 11.3 Å². The Bertz CT molecular complexity index is 1390. The number of piperazine rings is 1. The van der Waals surface area contributed by atoms with E-state index < -0.39 is 12.6 Å². The number of aromatic nitrogens is 2. The Labute approximate surface area is 217 Å². The average molecular weight is 519 g/mol. The number of carbonyl (C=O) groups excluding carboxylic acids is 3. The molecule has 9 nitrogen and oxygen atoms in total. The first-order valence-electron chi connectivity index (χ1n) is 11.7. The second-order valence-corrected chi connectivity index (χ2v) is 8.84. The highest BCUT2D eigenvalue weighted by Crippen LogP contribution is 2.26. The lowest BCUT2D eigenvalue weighted by atomic mass is 10.1. The Kier molecular flexibility index (Phi) is 7.04. The van der Waals surface area contributed by atoms with E-state index in [4.69, 9.17) is 20.8 Å². The molecule has 4 aromatic rings. The van der Waals surface area contributed by atoms with Crippen LogP contribution >= 0.6 is 11.6 Å². The van der Waals surface area contributed by atoms with Crippen LogP contribution in [-0.4, -0.2) is 70.1 Å². The predicted octanol–water partition coefficient (Wildman–Crippen LogP) is 3.93. The molecule has 0 saturated carbocycles. The lowest BCUT2D eigenvalue weighted by Gasteiger charge is -2.34. The van der Waals surface area contributed by atoms with Gasteiger partial charge in [-0.3, -0.25) is 9.59 Å². The van der Waals surface area contributed by atoms with Crippen LogP contribution in [0.5, 0.6) is 0 Å². The van der Waals surface area contributed by atoms with Crippen LogP contribution in [-0.2, 0) is 9.53 Å². The van der Waals surface area contributed by atoms with E-state index in [0.717, 1.165) is 5.69 Å². The van der Waals surface area contributed by atoms with Crippen LogP contribution in [0.4, 0.5) is 0 Å². The topological polar surface area (TPSA) is 97.9 Å². The molecule has 3 heterocycles. The Morgan fingerprint density at radius 3 is 2.27 bits per heavy atom. The number of hydrogen-bond donors (Lipinski definition) is 0. The van der Waals surface area contributed by atoms with Gasteiger partial charge in [-0.1, -0.05) is 41.9 Å². The molecular formula is C27H23ClN4O5. The molecular weight excluding hydrogens is 496 g/mol. The molecule has 5 rings (SSSR count). The average Bonchev–Trinajstić information content (AvgIpc) is 3.63. The zero-order valence-corrected chi connectivity index (χ0v) is 20.5. The predicted molar refractivity (Wildman–Crippen MR) is 135 cm³/mol. The Morgan fingerprint density at radius 2 is 1.59 bits per heavy atom. The molecule has 188 valence electrons. The number of ether oxygens (including phenoxy) is 1. The van der Waals surface area contributed by atoms with Crippen LogP contribution < -0.4 is 0 Å². The van der Waals surface area contributed by atoms with E-state index in [0.29, 0.717) is 42.5 Å². The molecule has 0 spiro atoms. The van der Waals surface area contributed by atoms with E-state index in [1.54, 1.807) is 57.1 Å². The van der Waals surface area contributed by atoms with Crippen LogP contribution in [0.3, 0.4) is 0 Å². The molecule has 0 atom stereocenters. The largest absolute Gasteiger partial charge is 0.459 e. The van der Waals surface area contributed by atoms with Crippen LogP contribution in [0.2, 0.25) is 5.02 Å². The van der Waals surface area contributed by atoms with Gasteiger partial charge in [0.25, 0.3) is 11.8 Å². The third-order valence-corrected chi connectivity index (χ3v) is 6.30. The summed E-state index contributed by atoms with van der Waals surface area (Å²) in [5.74, 6) is -0.941. The highest BCUT2D eigenvalue weighted by atomic mass is 35.5. The minimum absolute atomic E-state index is 0.214. The maximum atomic E-state index is 13.1. The molecule has 0 aliphatic carbocycles. The highest BCUT2D eigenvalue weighted by molar-refractivity contribution is 6.30. The summed E-state index contributed by atoms with van der Waals surface area (Å²) in [7, 11) is 0. The molecule has 1 aliphatic rings. The van der Waals surface area contributed by atoms with Crippen LogP contribution in [0.25, 0.3) is 16.9 Å². The van der Waals surface area contributed by atoms with Crippen molar-refractivity contribution in [1.82, 2.24) is 19.6 Å². The van der Waals surface area contributed by atoms with Gasteiger partial charge in [-0.05, 0) is 36.4 Å². The summed E-state index contributed by atoms with van der Waals surface area (Å²) < 4.78 is 12.2. The number of nitrogens with zero attached hydrogens (tertiary/aromatic N) is 4. The second kappa shape index (κ2) is 10.7. The third kappa shape index (κ3) is 5.41. The smallest absolute Gasteiger partial charge is 0.342 e. The molecule has 0 unspecified atom stereocenters. The molecule has 1 fully saturated rings. The minimum atomic E-state index is -0.660. The number of furan rings is 1. The molecule has 2 aromatic carbocycles. The monoisotopic (exact) mass is 518 g/mol. The van der Waals surface area contributed by atoms with Gasteiger partial charge in [0.2, 0.25) is 0 Å². The van der Waals surface area contributed by atoms with Crippen molar-refractivity contribution in [2.75, 3.05) is 32.8 Å². The summed E-state index contributed by atoms with van der Waals surface area (Å²) in [6, 6.07) is 19.6. The molecule has 2 aromatic heterocycles. The summed E-state index contributed by atoms with van der Waals surface area (Å²) in [5, 5.41) is 5.16. The number of halogens is 1. The summed E-state index contributed by atoms with van der Waals surface area (Å²) in [6.45, 7) is 0.991. The first kappa shape index (κ1) is 24.3. The van der Waals surface area contributed by atoms with Gasteiger partial charge in [0, 0.05) is 43.0 Å². The summed E-state index contributed by atoms with van der Waals surface area (Å²) >= 11 is 6.03. The SMILES string of the molecule is O=C(OCC(=O)N1CCN(C(=O)c2ccco2)CC1)c1cn(-c2ccccc2)nc1-c1ccc(Cl)cc1. The van der Waals surface area contributed by atoms with Gasteiger partial charge in [0.15, 0.2) is 12.4 Å². The van der Waals surface area contributed by atoms with Crippen molar-refractivity contribution in [3.8, 4) is 16.9 Å². The Balaban J connectivity index is 1.25. The third-order valence-electron chi connectivity index (χ3n) is 6.05. The van der Waals surface area contributed by atoms with E-state index in [-0.39, 0.29) is 23.1 Å². The molecule has 0 bridgehead atoms. The quantitative estimate of drug-likeness (QED) is 0.359. The van der Waals surface area contributed by atoms with Crippen LogP contribution in [0, 0.1) is 0 Å². The Morgan fingerprint density at radius 1 is 0.892 bits per heavy atom. The number of carbonyl (C=O) groups is 3. The highest BCUT2D eigenvalue weighted by Gasteiger charge is 2.27. The van der Waals surface area contributed by atoms with Crippen molar-refractivity contribution in [2.45, 2.75) is 0 Å². The molecule has 1 saturated heterocycles. The van der Waals surface area contributed by atoms with Crippen LogP contribution in [0.1, 0.15) is 20.9 Å². The van der Waals surface area contributed by atoms with E-state index in [9.17, 15) is 14.4 Å². The minimum Gasteiger partial charge on any atom is -0.459 e. The second-order valence-electron chi connectivity index (χ2n) is 8.40. The first-order chi connectivity index (χ1) is 18.0. The number of hydrogen-bond acceptors (Lipinski definition) is 6. The summed E-state index contributed by atoms with van der Waals surface area (Å²) in [5.41, 5.74) is 2.11. The standard InChI is InChI=1S/C27H23ClN4O5/c28-20-10-8-19(9-11-20)25-22(17-32(29-25)21-5-2-1-3-6-21)27(35)37-18-24(33)30-12-14-31(15-13-30)26(34)23-7-4-16-36-23/h1-11,16-17H,12-15,18H2. The molecule has 1 aliphatic heterocycles. The van der Waals surface area contributed by atoms with Gasteiger partial charge < -0.3 is 19.0 Å². The van der Waals surface area contributed by atoms with E-state index in [1.165, 1.54) is 6.26 Å². The number of rotatable bonds is 6. The van der Waals surface area contributed by atoms with Crippen molar-refractivity contribution < 1.29 is 23.5 Å². The van der Waals surface area contributed by atoms with Crippen molar-refractivity contribution in [1.29, 1.82) is 0 Å². The zero-order valence-electron chi connectivity index (χ0n) is 19.7. The fourth-order valence-electron chi connectivity index (χ4n) is 4.07. The molecule has 2 amide bonds. The molecule has 37 heavy (non-hydrogen) atoms. The normalized spacial score (nSPS) is 13.4.